The summed E-state index contributed by atoms with van der Waals surface area (Å²) in [5, 5.41) is 11.5. The molecule has 3 heterocycles. The number of fused-ring (bicyclic) bond motifs is 2. The first kappa shape index (κ1) is 18.6. The highest BCUT2D eigenvalue weighted by atomic mass is 16.1. The van der Waals surface area contributed by atoms with Gasteiger partial charge in [-0.25, -0.2) is 4.98 Å². The smallest absolute Gasteiger partial charge is 0.267 e. The first-order valence-corrected chi connectivity index (χ1v) is 9.28. The van der Waals surface area contributed by atoms with Crippen molar-refractivity contribution in [2.75, 3.05) is 7.05 Å². The van der Waals surface area contributed by atoms with Crippen LogP contribution in [-0.4, -0.2) is 26.9 Å². The second-order valence-corrected chi connectivity index (χ2v) is 7.10. The average molecular weight is 387 g/mol. The molecule has 1 amide bonds. The SMILES string of the molecule is CNC(=O)c1cc2c(=O)n3cccc(C)c3nc2n(Cc2ccc(C)cc2)c1=N. The van der Waals surface area contributed by atoms with Gasteiger partial charge in [-0.2, -0.15) is 0 Å². The van der Waals surface area contributed by atoms with Crippen LogP contribution < -0.4 is 16.4 Å². The first-order valence-electron chi connectivity index (χ1n) is 9.28. The predicted octanol–water partition coefficient (Wildman–Crippen LogP) is 2.15. The number of aromatic nitrogens is 3. The maximum atomic E-state index is 13.2. The van der Waals surface area contributed by atoms with Crippen molar-refractivity contribution in [2.24, 2.45) is 0 Å². The molecule has 7 nitrogen and oxygen atoms in total. The van der Waals surface area contributed by atoms with E-state index in [0.29, 0.717) is 23.2 Å². The van der Waals surface area contributed by atoms with Gasteiger partial charge in [-0.3, -0.25) is 19.4 Å². The van der Waals surface area contributed by atoms with Crippen molar-refractivity contribution in [1.29, 1.82) is 5.41 Å². The molecule has 0 atom stereocenters. The molecule has 0 saturated carbocycles. The molecule has 0 fully saturated rings. The maximum absolute atomic E-state index is 13.2. The average Bonchev–Trinajstić information content (AvgIpc) is 2.72. The summed E-state index contributed by atoms with van der Waals surface area (Å²) in [5.74, 6) is -0.414. The van der Waals surface area contributed by atoms with E-state index in [2.05, 4.69) is 5.32 Å². The number of pyridine rings is 2. The van der Waals surface area contributed by atoms with Crippen molar-refractivity contribution in [2.45, 2.75) is 20.4 Å². The minimum absolute atomic E-state index is 0.0160. The highest BCUT2D eigenvalue weighted by Gasteiger charge is 2.17. The summed E-state index contributed by atoms with van der Waals surface area (Å²) in [6, 6.07) is 13.1. The third-order valence-electron chi connectivity index (χ3n) is 5.07. The van der Waals surface area contributed by atoms with Gasteiger partial charge in [-0.05, 0) is 37.1 Å². The number of nitrogens with zero attached hydrogens (tertiary/aromatic N) is 3. The Kier molecular flexibility index (Phi) is 4.50. The van der Waals surface area contributed by atoms with Gasteiger partial charge in [0, 0.05) is 13.2 Å². The van der Waals surface area contributed by atoms with Crippen molar-refractivity contribution < 1.29 is 4.79 Å². The van der Waals surface area contributed by atoms with Gasteiger partial charge in [-0.15, -0.1) is 0 Å². The largest absolute Gasteiger partial charge is 0.355 e. The lowest BCUT2D eigenvalue weighted by Crippen LogP contribution is -2.34. The topological polar surface area (TPSA) is 92.2 Å². The van der Waals surface area contributed by atoms with Crippen molar-refractivity contribution in [1.82, 2.24) is 19.3 Å². The fourth-order valence-electron chi connectivity index (χ4n) is 3.43. The summed E-state index contributed by atoms with van der Waals surface area (Å²) in [6.07, 6.45) is 1.66. The van der Waals surface area contributed by atoms with Crippen LogP contribution in [0.5, 0.6) is 0 Å². The van der Waals surface area contributed by atoms with E-state index >= 15 is 0 Å². The van der Waals surface area contributed by atoms with Crippen LogP contribution in [0.2, 0.25) is 0 Å². The molecule has 0 spiro atoms. The van der Waals surface area contributed by atoms with Crippen LogP contribution in [0.4, 0.5) is 0 Å². The van der Waals surface area contributed by atoms with Crippen molar-refractivity contribution >= 4 is 22.6 Å². The van der Waals surface area contributed by atoms with E-state index in [4.69, 9.17) is 10.4 Å². The third-order valence-corrected chi connectivity index (χ3v) is 5.07. The summed E-state index contributed by atoms with van der Waals surface area (Å²) >= 11 is 0. The highest BCUT2D eigenvalue weighted by Crippen LogP contribution is 2.14. The van der Waals surface area contributed by atoms with Crippen LogP contribution in [0, 0.1) is 19.3 Å². The molecule has 0 saturated heterocycles. The van der Waals surface area contributed by atoms with Crippen LogP contribution in [0.3, 0.4) is 0 Å². The lowest BCUT2D eigenvalue weighted by Gasteiger charge is -2.15. The third kappa shape index (κ3) is 3.10. The monoisotopic (exact) mass is 387 g/mol. The zero-order valence-electron chi connectivity index (χ0n) is 16.5. The van der Waals surface area contributed by atoms with Crippen molar-refractivity contribution in [3.8, 4) is 0 Å². The predicted molar refractivity (Wildman–Crippen MR) is 111 cm³/mol. The molecule has 0 unspecified atom stereocenters. The van der Waals surface area contributed by atoms with Gasteiger partial charge < -0.3 is 9.88 Å². The Morgan fingerprint density at radius 2 is 1.86 bits per heavy atom. The molecule has 7 heteroatoms. The Hall–Kier alpha value is -3.74. The molecule has 0 aliphatic rings. The minimum Gasteiger partial charge on any atom is -0.355 e. The van der Waals surface area contributed by atoms with E-state index in [9.17, 15) is 9.59 Å². The Morgan fingerprint density at radius 1 is 1.14 bits per heavy atom. The minimum atomic E-state index is -0.414. The maximum Gasteiger partial charge on any atom is 0.267 e. The quantitative estimate of drug-likeness (QED) is 0.528. The molecule has 0 bridgehead atoms. The van der Waals surface area contributed by atoms with Crippen LogP contribution in [-0.2, 0) is 6.54 Å². The lowest BCUT2D eigenvalue weighted by molar-refractivity contribution is 0.0960. The van der Waals surface area contributed by atoms with Crippen LogP contribution in [0.25, 0.3) is 16.7 Å². The number of aryl methyl sites for hydroxylation is 2. The number of carbonyl (C=O) groups excluding carboxylic acids is 1. The number of nitrogens with one attached hydrogen (secondary N) is 2. The van der Waals surface area contributed by atoms with E-state index in [-0.39, 0.29) is 16.6 Å². The molecular formula is C22H21N5O2. The molecule has 1 aromatic carbocycles. The Labute approximate surface area is 166 Å². The van der Waals surface area contributed by atoms with Crippen LogP contribution in [0.15, 0.2) is 53.5 Å². The van der Waals surface area contributed by atoms with E-state index in [0.717, 1.165) is 16.7 Å². The molecule has 29 heavy (non-hydrogen) atoms. The number of amides is 1. The van der Waals surface area contributed by atoms with Gasteiger partial charge >= 0.3 is 0 Å². The van der Waals surface area contributed by atoms with Gasteiger partial charge in [-0.1, -0.05) is 35.9 Å². The molecule has 4 aromatic rings. The Bertz CT molecular complexity index is 1380. The van der Waals surface area contributed by atoms with Gasteiger partial charge in [0.25, 0.3) is 11.5 Å². The molecule has 3 aromatic heterocycles. The Morgan fingerprint density at radius 3 is 2.55 bits per heavy atom. The van der Waals surface area contributed by atoms with E-state index in [1.54, 1.807) is 16.8 Å². The second-order valence-electron chi connectivity index (χ2n) is 7.10. The lowest BCUT2D eigenvalue weighted by atomic mass is 10.1. The number of hydrogen-bond acceptors (Lipinski definition) is 4. The zero-order chi connectivity index (χ0) is 20.7. The molecule has 0 aliphatic heterocycles. The van der Waals surface area contributed by atoms with Crippen LogP contribution >= 0.6 is 0 Å². The molecule has 4 rings (SSSR count). The number of benzene rings is 1. The van der Waals surface area contributed by atoms with E-state index in [1.807, 2.05) is 44.2 Å². The zero-order valence-corrected chi connectivity index (χ0v) is 16.5. The molecule has 146 valence electrons. The van der Waals surface area contributed by atoms with Crippen molar-refractivity contribution in [3.05, 3.63) is 86.8 Å². The number of rotatable bonds is 3. The summed E-state index contributed by atoms with van der Waals surface area (Å²) < 4.78 is 3.10. The number of hydrogen-bond donors (Lipinski definition) is 2. The highest BCUT2D eigenvalue weighted by molar-refractivity contribution is 5.96. The fraction of sp³-hybridized carbons (Fsp3) is 0.182. The van der Waals surface area contributed by atoms with Crippen molar-refractivity contribution in [3.63, 3.8) is 0 Å². The molecule has 2 N–H and O–H groups in total. The summed E-state index contributed by atoms with van der Waals surface area (Å²) in [4.78, 5) is 30.3. The summed E-state index contributed by atoms with van der Waals surface area (Å²) in [5.41, 5.74) is 3.76. The molecular weight excluding hydrogens is 366 g/mol. The van der Waals surface area contributed by atoms with Gasteiger partial charge in [0.1, 0.15) is 16.8 Å². The normalized spacial score (nSPS) is 11.1. The molecule has 0 radical (unpaired) electrons. The Balaban J connectivity index is 2.11. The fourth-order valence-corrected chi connectivity index (χ4v) is 3.43. The van der Waals surface area contributed by atoms with Gasteiger partial charge in [0.2, 0.25) is 0 Å². The van der Waals surface area contributed by atoms with E-state index in [1.165, 1.54) is 17.5 Å². The first-order chi connectivity index (χ1) is 13.9. The number of carbonyl (C=O) groups is 1. The standard InChI is InChI=1S/C22H21N5O2/c1-13-6-8-15(9-7-13)12-27-18(23)16(21(28)24-3)11-17-20(27)25-19-14(2)5-4-10-26(19)22(17)29/h4-11,23H,12H2,1-3H3,(H,24,28). The van der Waals surface area contributed by atoms with Crippen LogP contribution in [0.1, 0.15) is 27.0 Å². The summed E-state index contributed by atoms with van der Waals surface area (Å²) in [7, 11) is 1.51. The summed E-state index contributed by atoms with van der Waals surface area (Å²) in [6.45, 7) is 4.22. The van der Waals surface area contributed by atoms with E-state index < -0.39 is 5.91 Å². The van der Waals surface area contributed by atoms with Gasteiger partial charge in [0.15, 0.2) is 0 Å². The second kappa shape index (κ2) is 7.01. The van der Waals surface area contributed by atoms with Gasteiger partial charge in [0.05, 0.1) is 17.5 Å². The molecule has 0 aliphatic carbocycles.